The summed E-state index contributed by atoms with van der Waals surface area (Å²) in [6, 6.07) is 27.2. The molecule has 0 aliphatic heterocycles. The molecule has 0 unspecified atom stereocenters. The zero-order chi connectivity index (χ0) is 25.0. The molecular weight excluding hydrogens is 641 g/mol. The Kier molecular flexibility index (Phi) is 6.29. The van der Waals surface area contributed by atoms with E-state index in [1.165, 1.54) is 5.56 Å². The summed E-state index contributed by atoms with van der Waals surface area (Å²) in [5.74, 6) is 1.88. The summed E-state index contributed by atoms with van der Waals surface area (Å²) in [6.45, 7) is 8.70. The molecule has 0 atom stereocenters. The molecule has 0 amide bonds. The number of rotatable bonds is 3. The molecule has 0 fully saturated rings. The number of aryl methyl sites for hydroxylation is 1. The van der Waals surface area contributed by atoms with Crippen LogP contribution in [-0.4, -0.2) is 19.6 Å². The molecule has 37 heavy (non-hydrogen) atoms. The minimum atomic E-state index is 0. The molecule has 1 N–H and O–H groups in total. The molecule has 0 radical (unpaired) electrons. The molecule has 6 rings (SSSR count). The van der Waals surface area contributed by atoms with Crippen molar-refractivity contribution in [2.75, 3.05) is 0 Å². The van der Waals surface area contributed by atoms with Crippen molar-refractivity contribution in [3.05, 3.63) is 96.2 Å². The van der Waals surface area contributed by atoms with Gasteiger partial charge in [-0.3, -0.25) is 0 Å². The number of phenols is 1. The Bertz CT molecular complexity index is 1770. The average molecular weight is 668 g/mol. The first-order valence-corrected chi connectivity index (χ1v) is 12.0. The van der Waals surface area contributed by atoms with E-state index in [2.05, 4.69) is 66.7 Å². The standard InChI is InChI=1S/C31H26N3O2.Pt/c1-19-8-14-28(32-18-19)34-25-13-10-21(31(2,3)4)16-24(25)23-12-11-22(17-26(23)34)36-29-15-9-20-6-5-7-27(35)30(20)33-29;/h5-16,18,35H,1-4H3;/q-1;. The van der Waals surface area contributed by atoms with Gasteiger partial charge in [-0.05, 0) is 53.1 Å². The van der Waals surface area contributed by atoms with Gasteiger partial charge < -0.3 is 14.4 Å². The van der Waals surface area contributed by atoms with Crippen LogP contribution in [0.4, 0.5) is 0 Å². The third-order valence-corrected chi connectivity index (χ3v) is 6.53. The summed E-state index contributed by atoms with van der Waals surface area (Å²) >= 11 is 0. The van der Waals surface area contributed by atoms with Crippen molar-refractivity contribution in [3.8, 4) is 23.2 Å². The van der Waals surface area contributed by atoms with Crippen molar-refractivity contribution < 1.29 is 30.9 Å². The van der Waals surface area contributed by atoms with E-state index in [9.17, 15) is 5.11 Å². The van der Waals surface area contributed by atoms with Crippen LogP contribution in [0.5, 0.6) is 17.4 Å². The second kappa shape index (κ2) is 9.31. The SMILES string of the molecule is Cc1ccc(-n2c3[c-]c(Oc4ccc5cccc(O)c5n4)ccc3c3cc(C(C)(C)C)ccc32)nc1.[Pt]. The van der Waals surface area contributed by atoms with Crippen LogP contribution < -0.4 is 4.74 Å². The number of fused-ring (bicyclic) bond motifs is 4. The fourth-order valence-electron chi connectivity index (χ4n) is 4.56. The molecule has 0 spiro atoms. The van der Waals surface area contributed by atoms with Crippen LogP contribution in [0.2, 0.25) is 0 Å². The van der Waals surface area contributed by atoms with Crippen molar-refractivity contribution in [1.82, 2.24) is 14.5 Å². The van der Waals surface area contributed by atoms with E-state index in [4.69, 9.17) is 9.72 Å². The van der Waals surface area contributed by atoms with E-state index in [0.29, 0.717) is 17.1 Å². The molecule has 0 saturated heterocycles. The normalized spacial score (nSPS) is 11.7. The van der Waals surface area contributed by atoms with E-state index in [0.717, 1.165) is 38.6 Å². The molecular formula is C31H26N3O2Pt-. The van der Waals surface area contributed by atoms with Gasteiger partial charge in [0.2, 0.25) is 5.88 Å². The van der Waals surface area contributed by atoms with Crippen LogP contribution in [0, 0.1) is 13.0 Å². The minimum Gasteiger partial charge on any atom is -0.506 e. The Hall–Kier alpha value is -3.69. The predicted octanol–water partition coefficient (Wildman–Crippen LogP) is 7.63. The number of aromatic hydroxyl groups is 1. The minimum absolute atomic E-state index is 0. The quantitative estimate of drug-likeness (QED) is 0.197. The van der Waals surface area contributed by atoms with Crippen molar-refractivity contribution >= 4 is 32.7 Å². The van der Waals surface area contributed by atoms with Gasteiger partial charge in [-0.15, -0.1) is 17.5 Å². The maximum atomic E-state index is 10.2. The number of hydrogen-bond acceptors (Lipinski definition) is 4. The maximum Gasteiger partial charge on any atom is 0.217 e. The number of benzene rings is 3. The molecule has 0 aliphatic carbocycles. The monoisotopic (exact) mass is 667 g/mol. The van der Waals surface area contributed by atoms with Crippen LogP contribution in [0.25, 0.3) is 38.5 Å². The molecule has 3 heterocycles. The van der Waals surface area contributed by atoms with Crippen LogP contribution in [0.1, 0.15) is 31.9 Å². The fraction of sp³-hybridized carbons (Fsp3) is 0.161. The Morgan fingerprint density at radius 3 is 2.51 bits per heavy atom. The van der Waals surface area contributed by atoms with Gasteiger partial charge in [-0.1, -0.05) is 56.6 Å². The van der Waals surface area contributed by atoms with E-state index < -0.39 is 0 Å². The van der Waals surface area contributed by atoms with Gasteiger partial charge in [0.1, 0.15) is 17.1 Å². The molecule has 3 aromatic heterocycles. The van der Waals surface area contributed by atoms with Crippen molar-refractivity contribution in [2.24, 2.45) is 0 Å². The summed E-state index contributed by atoms with van der Waals surface area (Å²) in [5, 5.41) is 13.3. The van der Waals surface area contributed by atoms with Crippen LogP contribution in [-0.2, 0) is 26.5 Å². The molecule has 5 nitrogen and oxygen atoms in total. The molecule has 188 valence electrons. The first-order valence-electron chi connectivity index (χ1n) is 12.0. The molecule has 6 aromatic rings. The first-order chi connectivity index (χ1) is 17.3. The third kappa shape index (κ3) is 4.49. The topological polar surface area (TPSA) is 60.2 Å². The maximum absolute atomic E-state index is 10.2. The Morgan fingerprint density at radius 1 is 0.919 bits per heavy atom. The van der Waals surface area contributed by atoms with Crippen LogP contribution in [0.3, 0.4) is 0 Å². The second-order valence-corrected chi connectivity index (χ2v) is 10.2. The summed E-state index contributed by atoms with van der Waals surface area (Å²) < 4.78 is 8.25. The smallest absolute Gasteiger partial charge is 0.217 e. The second-order valence-electron chi connectivity index (χ2n) is 10.2. The first kappa shape index (κ1) is 25.0. The zero-order valence-corrected chi connectivity index (χ0v) is 23.3. The predicted molar refractivity (Wildman–Crippen MR) is 144 cm³/mol. The molecule has 6 heteroatoms. The Balaban J connectivity index is 0.00000280. The number of ether oxygens (including phenoxy) is 1. The Morgan fingerprint density at radius 2 is 1.76 bits per heavy atom. The largest absolute Gasteiger partial charge is 0.506 e. The third-order valence-electron chi connectivity index (χ3n) is 6.53. The van der Waals surface area contributed by atoms with Gasteiger partial charge in [-0.2, -0.15) is 6.07 Å². The van der Waals surface area contributed by atoms with Gasteiger partial charge in [-0.25, -0.2) is 9.97 Å². The summed E-state index contributed by atoms with van der Waals surface area (Å²) in [6.07, 6.45) is 1.88. The summed E-state index contributed by atoms with van der Waals surface area (Å²) in [5.41, 5.74) is 4.86. The van der Waals surface area contributed by atoms with Crippen molar-refractivity contribution in [3.63, 3.8) is 0 Å². The zero-order valence-electron chi connectivity index (χ0n) is 21.0. The number of pyridine rings is 2. The summed E-state index contributed by atoms with van der Waals surface area (Å²) in [4.78, 5) is 9.22. The molecule has 0 bridgehead atoms. The number of para-hydroxylation sites is 1. The fourth-order valence-corrected chi connectivity index (χ4v) is 4.56. The number of phenolic OH excluding ortho intramolecular Hbond substituents is 1. The molecule has 3 aromatic carbocycles. The van der Waals surface area contributed by atoms with E-state index >= 15 is 0 Å². The molecule has 0 aliphatic rings. The van der Waals surface area contributed by atoms with Gasteiger partial charge in [0.25, 0.3) is 0 Å². The van der Waals surface area contributed by atoms with Gasteiger partial charge in [0, 0.05) is 50.0 Å². The van der Waals surface area contributed by atoms with Crippen molar-refractivity contribution in [2.45, 2.75) is 33.1 Å². The number of aromatic nitrogens is 3. The van der Waals surface area contributed by atoms with Gasteiger partial charge in [0.05, 0.1) is 0 Å². The van der Waals surface area contributed by atoms with Gasteiger partial charge in [0.15, 0.2) is 0 Å². The average Bonchev–Trinajstić information content (AvgIpc) is 3.17. The van der Waals surface area contributed by atoms with Crippen LogP contribution in [0.15, 0.2) is 79.0 Å². The number of hydrogen-bond donors (Lipinski definition) is 1. The Labute approximate surface area is 230 Å². The van der Waals surface area contributed by atoms with E-state index in [1.54, 1.807) is 18.2 Å². The van der Waals surface area contributed by atoms with Crippen molar-refractivity contribution in [1.29, 1.82) is 0 Å². The van der Waals surface area contributed by atoms with Gasteiger partial charge >= 0.3 is 0 Å². The summed E-state index contributed by atoms with van der Waals surface area (Å²) in [7, 11) is 0. The van der Waals surface area contributed by atoms with E-state index in [1.807, 2.05) is 37.4 Å². The van der Waals surface area contributed by atoms with Crippen LogP contribution >= 0.6 is 0 Å². The number of nitrogens with zero attached hydrogens (tertiary/aromatic N) is 3. The van der Waals surface area contributed by atoms with E-state index in [-0.39, 0.29) is 32.2 Å². The molecule has 0 saturated carbocycles.